The molecule has 0 radical (unpaired) electrons. The molecule has 0 saturated heterocycles. The minimum absolute atomic E-state index is 0.155. The quantitative estimate of drug-likeness (QED) is 0.451. The third kappa shape index (κ3) is 8.65. The predicted octanol–water partition coefficient (Wildman–Crippen LogP) is 3.57. The molecule has 2 aromatic rings. The van der Waals surface area contributed by atoms with Crippen LogP contribution in [0, 0.1) is 0 Å². The van der Waals surface area contributed by atoms with Crippen LogP contribution in [0.5, 0.6) is 17.2 Å². The first-order chi connectivity index (χ1) is 16.0. The van der Waals surface area contributed by atoms with Crippen LogP contribution in [0.1, 0.15) is 38.1 Å². The fourth-order valence-electron chi connectivity index (χ4n) is 3.13. The van der Waals surface area contributed by atoms with Crippen LogP contribution < -0.4 is 24.8 Å². The standard InChI is InChI=1S/C25H35N3O5/c1-5-28(6-2)15-16-33-21-12-10-20(11-13-21)27-24(29)18-26-25(30)19-9-14-22(31-7-3)23(17-19)32-8-4/h9-14,17H,5-8,15-16,18H2,1-4H3,(H,26,30)(H,27,29). The van der Waals surface area contributed by atoms with Crippen LogP contribution in [0.25, 0.3) is 0 Å². The van der Waals surface area contributed by atoms with Gasteiger partial charge in [0.2, 0.25) is 5.91 Å². The zero-order chi connectivity index (χ0) is 24.1. The highest BCUT2D eigenvalue weighted by Crippen LogP contribution is 2.28. The van der Waals surface area contributed by atoms with Crippen LogP contribution in [0.3, 0.4) is 0 Å². The Hall–Kier alpha value is -3.26. The number of hydrogen-bond donors (Lipinski definition) is 2. The van der Waals surface area contributed by atoms with Gasteiger partial charge in [-0.05, 0) is 69.4 Å². The summed E-state index contributed by atoms with van der Waals surface area (Å²) in [7, 11) is 0. The molecule has 0 aliphatic carbocycles. The van der Waals surface area contributed by atoms with Gasteiger partial charge < -0.3 is 29.7 Å². The first kappa shape index (κ1) is 26.0. The summed E-state index contributed by atoms with van der Waals surface area (Å²) in [5, 5.41) is 5.39. The number of nitrogens with zero attached hydrogens (tertiary/aromatic N) is 1. The Bertz CT molecular complexity index is 882. The van der Waals surface area contributed by atoms with Crippen LogP contribution in [-0.2, 0) is 4.79 Å². The summed E-state index contributed by atoms with van der Waals surface area (Å²) < 4.78 is 16.8. The first-order valence-corrected chi connectivity index (χ1v) is 11.4. The molecule has 2 N–H and O–H groups in total. The molecule has 0 spiro atoms. The number of amides is 2. The second-order valence-corrected chi connectivity index (χ2v) is 7.16. The second-order valence-electron chi connectivity index (χ2n) is 7.16. The van der Waals surface area contributed by atoms with Gasteiger partial charge in [0.25, 0.3) is 5.91 Å². The number of likely N-dealkylation sites (N-methyl/N-ethyl adjacent to an activating group) is 1. The highest BCUT2D eigenvalue weighted by molar-refractivity contribution is 5.99. The molecule has 0 fully saturated rings. The summed E-state index contributed by atoms with van der Waals surface area (Å²) in [6, 6.07) is 12.1. The molecule has 33 heavy (non-hydrogen) atoms. The van der Waals surface area contributed by atoms with Gasteiger partial charge in [-0.25, -0.2) is 0 Å². The van der Waals surface area contributed by atoms with Crippen LogP contribution in [-0.4, -0.2) is 62.7 Å². The average molecular weight is 458 g/mol. The van der Waals surface area contributed by atoms with Crippen molar-refractivity contribution in [1.29, 1.82) is 0 Å². The molecule has 0 aliphatic heterocycles. The summed E-state index contributed by atoms with van der Waals surface area (Å²) in [6.07, 6.45) is 0. The molecule has 0 atom stereocenters. The van der Waals surface area contributed by atoms with Crippen molar-refractivity contribution in [1.82, 2.24) is 10.2 Å². The molecular formula is C25H35N3O5. The first-order valence-electron chi connectivity index (χ1n) is 11.4. The molecular weight excluding hydrogens is 422 g/mol. The maximum atomic E-state index is 12.5. The Morgan fingerprint density at radius 3 is 2.15 bits per heavy atom. The molecule has 8 nitrogen and oxygen atoms in total. The number of hydrogen-bond acceptors (Lipinski definition) is 6. The molecule has 0 heterocycles. The number of carbonyl (C=O) groups is 2. The number of carbonyl (C=O) groups excluding carboxylic acids is 2. The molecule has 0 unspecified atom stereocenters. The lowest BCUT2D eigenvalue weighted by Crippen LogP contribution is -2.32. The molecule has 2 rings (SSSR count). The van der Waals surface area contributed by atoms with Crippen molar-refractivity contribution in [3.8, 4) is 17.2 Å². The maximum absolute atomic E-state index is 12.5. The largest absolute Gasteiger partial charge is 0.492 e. The fraction of sp³-hybridized carbons (Fsp3) is 0.440. The van der Waals surface area contributed by atoms with E-state index in [1.165, 1.54) is 0 Å². The number of rotatable bonds is 14. The van der Waals surface area contributed by atoms with Crippen molar-refractivity contribution in [2.75, 3.05) is 51.3 Å². The van der Waals surface area contributed by atoms with Crippen molar-refractivity contribution in [3.63, 3.8) is 0 Å². The molecule has 0 aromatic heterocycles. The van der Waals surface area contributed by atoms with Crippen LogP contribution in [0.2, 0.25) is 0 Å². The normalized spacial score (nSPS) is 10.6. The van der Waals surface area contributed by atoms with Gasteiger partial charge in [0, 0.05) is 17.8 Å². The van der Waals surface area contributed by atoms with Crippen LogP contribution >= 0.6 is 0 Å². The Morgan fingerprint density at radius 2 is 1.52 bits per heavy atom. The summed E-state index contributed by atoms with van der Waals surface area (Å²) in [5.41, 5.74) is 1.02. The molecule has 0 saturated carbocycles. The Kier molecular flexibility index (Phi) is 11.0. The Balaban J connectivity index is 1.82. The van der Waals surface area contributed by atoms with Gasteiger partial charge >= 0.3 is 0 Å². The van der Waals surface area contributed by atoms with E-state index in [0.717, 1.165) is 25.4 Å². The van der Waals surface area contributed by atoms with Crippen molar-refractivity contribution < 1.29 is 23.8 Å². The zero-order valence-corrected chi connectivity index (χ0v) is 20.0. The van der Waals surface area contributed by atoms with E-state index < -0.39 is 0 Å². The summed E-state index contributed by atoms with van der Waals surface area (Å²) in [5.74, 6) is 1.12. The summed E-state index contributed by atoms with van der Waals surface area (Å²) >= 11 is 0. The third-order valence-corrected chi connectivity index (χ3v) is 4.92. The lowest BCUT2D eigenvalue weighted by Gasteiger charge is -2.18. The molecule has 2 aromatic carbocycles. The van der Waals surface area contributed by atoms with Gasteiger partial charge in [-0.3, -0.25) is 9.59 Å². The molecule has 0 aliphatic rings. The SMILES string of the molecule is CCOc1ccc(C(=O)NCC(=O)Nc2ccc(OCCN(CC)CC)cc2)cc1OCC. The van der Waals surface area contributed by atoms with Crippen molar-refractivity contribution in [2.24, 2.45) is 0 Å². The molecule has 8 heteroatoms. The summed E-state index contributed by atoms with van der Waals surface area (Å²) in [6.45, 7) is 12.2. The van der Waals surface area contributed by atoms with E-state index in [1.807, 2.05) is 26.0 Å². The minimum Gasteiger partial charge on any atom is -0.492 e. The fourth-order valence-corrected chi connectivity index (χ4v) is 3.13. The van der Waals surface area contributed by atoms with Gasteiger partial charge in [0.05, 0.1) is 19.8 Å². The van der Waals surface area contributed by atoms with Crippen molar-refractivity contribution in [2.45, 2.75) is 27.7 Å². The number of anilines is 1. The van der Waals surface area contributed by atoms with Gasteiger partial charge in [0.15, 0.2) is 11.5 Å². The average Bonchev–Trinajstić information content (AvgIpc) is 2.83. The summed E-state index contributed by atoms with van der Waals surface area (Å²) in [4.78, 5) is 27.0. The lowest BCUT2D eigenvalue weighted by atomic mass is 10.2. The smallest absolute Gasteiger partial charge is 0.251 e. The zero-order valence-electron chi connectivity index (χ0n) is 20.0. The van der Waals surface area contributed by atoms with Gasteiger partial charge in [-0.1, -0.05) is 13.8 Å². The third-order valence-electron chi connectivity index (χ3n) is 4.92. The van der Waals surface area contributed by atoms with E-state index in [-0.39, 0.29) is 18.4 Å². The minimum atomic E-state index is -0.369. The molecule has 0 bridgehead atoms. The van der Waals surface area contributed by atoms with E-state index in [2.05, 4.69) is 29.4 Å². The topological polar surface area (TPSA) is 89.1 Å². The van der Waals surface area contributed by atoms with Crippen molar-refractivity contribution >= 4 is 17.5 Å². The van der Waals surface area contributed by atoms with E-state index in [4.69, 9.17) is 14.2 Å². The number of nitrogens with one attached hydrogen (secondary N) is 2. The van der Waals surface area contributed by atoms with Gasteiger partial charge in [-0.2, -0.15) is 0 Å². The van der Waals surface area contributed by atoms with E-state index in [0.29, 0.717) is 42.6 Å². The van der Waals surface area contributed by atoms with E-state index in [9.17, 15) is 9.59 Å². The van der Waals surface area contributed by atoms with E-state index in [1.54, 1.807) is 30.3 Å². The van der Waals surface area contributed by atoms with E-state index >= 15 is 0 Å². The van der Waals surface area contributed by atoms with Crippen LogP contribution in [0.4, 0.5) is 5.69 Å². The van der Waals surface area contributed by atoms with Gasteiger partial charge in [-0.15, -0.1) is 0 Å². The van der Waals surface area contributed by atoms with Crippen LogP contribution in [0.15, 0.2) is 42.5 Å². The number of benzene rings is 2. The molecule has 2 amide bonds. The predicted molar refractivity (Wildman–Crippen MR) is 129 cm³/mol. The Morgan fingerprint density at radius 1 is 0.848 bits per heavy atom. The number of ether oxygens (including phenoxy) is 3. The van der Waals surface area contributed by atoms with Crippen molar-refractivity contribution in [3.05, 3.63) is 48.0 Å². The molecule has 180 valence electrons. The highest BCUT2D eigenvalue weighted by atomic mass is 16.5. The highest BCUT2D eigenvalue weighted by Gasteiger charge is 2.13. The second kappa shape index (κ2) is 14.0. The Labute approximate surface area is 196 Å². The lowest BCUT2D eigenvalue weighted by molar-refractivity contribution is -0.115. The maximum Gasteiger partial charge on any atom is 0.251 e. The monoisotopic (exact) mass is 457 g/mol. The van der Waals surface area contributed by atoms with Gasteiger partial charge in [0.1, 0.15) is 12.4 Å².